The molecule has 4 rings (SSSR count). The third kappa shape index (κ3) is 3.68. The Morgan fingerprint density at radius 3 is 2.77 bits per heavy atom. The molecule has 11 heteroatoms. The summed E-state index contributed by atoms with van der Waals surface area (Å²) in [6, 6.07) is 4.57. The van der Waals surface area contributed by atoms with E-state index in [0.717, 1.165) is 0 Å². The minimum absolute atomic E-state index is 0.239. The molecule has 0 saturated carbocycles. The summed E-state index contributed by atoms with van der Waals surface area (Å²) >= 11 is 12.0. The molecule has 31 heavy (non-hydrogen) atoms. The van der Waals surface area contributed by atoms with Gasteiger partial charge in [-0.2, -0.15) is 0 Å². The molecule has 0 amide bonds. The van der Waals surface area contributed by atoms with Crippen LogP contribution in [-0.4, -0.2) is 55.3 Å². The molecule has 9 nitrogen and oxygen atoms in total. The molecule has 1 aliphatic heterocycles. The Kier molecular flexibility index (Phi) is 5.94. The number of rotatable bonds is 4. The van der Waals surface area contributed by atoms with Gasteiger partial charge in [-0.05, 0) is 17.7 Å². The standard InChI is InChI=1S/C20H18Cl2N4O5/c1-3-9-7-26(19-13(9)18(25-30-2)23-8-24-19)20-16(29)15(28)17(31-20)14(27)10-4-5-11(21)12(22)6-10/h1,4-8,14-17,20,27-29H,2H3,(H,23,24,25)/t14?,15-,16+,17+,20+/m0/s1. The number of ether oxygens (including phenoxy) is 1. The first-order valence-corrected chi connectivity index (χ1v) is 9.89. The molecule has 0 aliphatic carbocycles. The van der Waals surface area contributed by atoms with Crippen molar-refractivity contribution in [3.05, 3.63) is 57.4 Å². The van der Waals surface area contributed by atoms with Gasteiger partial charge in [0.15, 0.2) is 6.23 Å². The highest BCUT2D eigenvalue weighted by Gasteiger charge is 2.47. The first-order chi connectivity index (χ1) is 14.9. The highest BCUT2D eigenvalue weighted by molar-refractivity contribution is 6.42. The topological polar surface area (TPSA) is 125 Å². The van der Waals surface area contributed by atoms with E-state index in [4.69, 9.17) is 39.2 Å². The number of H-pyrrole nitrogens is 1. The van der Waals surface area contributed by atoms with Crippen LogP contribution < -0.4 is 5.49 Å². The molecule has 1 fully saturated rings. The number of aliphatic hydroxyl groups is 3. The SMILES string of the molecule is C#Cc1cn([C@@H]2O[C@H](C(O)c3ccc(Cl)c(Cl)c3)[C@@H](O)[C@H]2O)c2[nH]cn/c(=N\OC)c12. The number of aliphatic hydroxyl groups excluding tert-OH is 3. The number of benzene rings is 1. The van der Waals surface area contributed by atoms with Crippen LogP contribution in [0.2, 0.25) is 10.0 Å². The Morgan fingerprint density at radius 1 is 1.32 bits per heavy atom. The zero-order chi connectivity index (χ0) is 22.3. The van der Waals surface area contributed by atoms with Gasteiger partial charge in [0.1, 0.15) is 37.2 Å². The predicted molar refractivity (Wildman–Crippen MR) is 112 cm³/mol. The monoisotopic (exact) mass is 464 g/mol. The summed E-state index contributed by atoms with van der Waals surface area (Å²) in [7, 11) is 1.38. The molecule has 4 N–H and O–H groups in total. The van der Waals surface area contributed by atoms with Gasteiger partial charge in [0.05, 0.1) is 27.3 Å². The van der Waals surface area contributed by atoms with Crippen LogP contribution >= 0.6 is 23.2 Å². The second-order valence-corrected chi connectivity index (χ2v) is 7.72. The van der Waals surface area contributed by atoms with Gasteiger partial charge in [-0.1, -0.05) is 40.3 Å². The fourth-order valence-corrected chi connectivity index (χ4v) is 3.95. The van der Waals surface area contributed by atoms with Crippen LogP contribution in [0.4, 0.5) is 0 Å². The average Bonchev–Trinajstić information content (AvgIpc) is 3.28. The molecule has 0 spiro atoms. The first kappa shape index (κ1) is 21.6. The smallest absolute Gasteiger partial charge is 0.205 e. The summed E-state index contributed by atoms with van der Waals surface area (Å²) in [5.74, 6) is 2.54. The third-order valence-corrected chi connectivity index (χ3v) is 5.86. The number of halogens is 2. The van der Waals surface area contributed by atoms with Gasteiger partial charge in [-0.3, -0.25) is 0 Å². The lowest BCUT2D eigenvalue weighted by atomic mass is 9.99. The maximum Gasteiger partial charge on any atom is 0.205 e. The van der Waals surface area contributed by atoms with Crippen molar-refractivity contribution in [2.75, 3.05) is 7.11 Å². The summed E-state index contributed by atoms with van der Waals surface area (Å²) in [6.07, 6.45) is 2.33. The summed E-state index contributed by atoms with van der Waals surface area (Å²) in [5.41, 5.74) is 1.49. The molecule has 0 bridgehead atoms. The van der Waals surface area contributed by atoms with Gasteiger partial charge in [-0.25, -0.2) is 4.98 Å². The largest absolute Gasteiger partial charge is 0.397 e. The summed E-state index contributed by atoms with van der Waals surface area (Å²) in [5, 5.41) is 37.0. The molecule has 0 radical (unpaired) electrons. The van der Waals surface area contributed by atoms with E-state index < -0.39 is 30.6 Å². The molecule has 1 saturated heterocycles. The van der Waals surface area contributed by atoms with Gasteiger partial charge < -0.3 is 34.4 Å². The zero-order valence-electron chi connectivity index (χ0n) is 16.1. The van der Waals surface area contributed by atoms with Gasteiger partial charge >= 0.3 is 0 Å². The number of nitrogens with zero attached hydrogens (tertiary/aromatic N) is 3. The van der Waals surface area contributed by atoms with Crippen LogP contribution in [0.1, 0.15) is 23.5 Å². The van der Waals surface area contributed by atoms with Crippen LogP contribution in [0.5, 0.6) is 0 Å². The Hall–Kier alpha value is -2.58. The molecule has 2 aromatic heterocycles. The third-order valence-electron chi connectivity index (χ3n) is 5.12. The molecule has 5 atom stereocenters. The van der Waals surface area contributed by atoms with E-state index in [1.807, 2.05) is 0 Å². The van der Waals surface area contributed by atoms with Gasteiger partial charge in [0, 0.05) is 6.20 Å². The van der Waals surface area contributed by atoms with Crippen LogP contribution in [0, 0.1) is 12.3 Å². The van der Waals surface area contributed by atoms with Crippen LogP contribution in [0.3, 0.4) is 0 Å². The number of fused-ring (bicyclic) bond motifs is 1. The summed E-state index contributed by atoms with van der Waals surface area (Å²) in [4.78, 5) is 11.9. The Labute approximate surface area is 186 Å². The van der Waals surface area contributed by atoms with Crippen molar-refractivity contribution >= 4 is 34.2 Å². The molecule has 162 valence electrons. The van der Waals surface area contributed by atoms with Crippen molar-refractivity contribution < 1.29 is 24.9 Å². The second-order valence-electron chi connectivity index (χ2n) is 6.91. The minimum atomic E-state index is -1.40. The summed E-state index contributed by atoms with van der Waals surface area (Å²) in [6.45, 7) is 0. The Bertz CT molecular complexity index is 1230. The van der Waals surface area contributed by atoms with E-state index in [-0.39, 0.29) is 10.5 Å². The highest BCUT2D eigenvalue weighted by Crippen LogP contribution is 2.38. The highest BCUT2D eigenvalue weighted by atomic mass is 35.5. The Balaban J connectivity index is 1.74. The van der Waals surface area contributed by atoms with Crippen LogP contribution in [0.15, 0.2) is 35.9 Å². The van der Waals surface area contributed by atoms with E-state index in [1.165, 1.54) is 30.1 Å². The number of hydrogen-bond donors (Lipinski definition) is 4. The number of aromatic nitrogens is 3. The lowest BCUT2D eigenvalue weighted by Gasteiger charge is -2.21. The minimum Gasteiger partial charge on any atom is -0.397 e. The lowest BCUT2D eigenvalue weighted by molar-refractivity contribution is -0.0848. The zero-order valence-corrected chi connectivity index (χ0v) is 17.6. The van der Waals surface area contributed by atoms with Crippen LogP contribution in [-0.2, 0) is 9.57 Å². The second kappa shape index (κ2) is 8.51. The van der Waals surface area contributed by atoms with Crippen molar-refractivity contribution in [2.45, 2.75) is 30.6 Å². The number of aromatic amines is 1. The van der Waals surface area contributed by atoms with Crippen molar-refractivity contribution in [1.29, 1.82) is 0 Å². The average molecular weight is 465 g/mol. The van der Waals surface area contributed by atoms with Gasteiger partial charge in [-0.15, -0.1) is 6.42 Å². The predicted octanol–water partition coefficient (Wildman–Crippen LogP) is 1.47. The van der Waals surface area contributed by atoms with Gasteiger partial charge in [0.2, 0.25) is 5.49 Å². The molecule has 3 aromatic rings. The van der Waals surface area contributed by atoms with Crippen LogP contribution in [0.25, 0.3) is 11.0 Å². The van der Waals surface area contributed by atoms with Crippen molar-refractivity contribution in [2.24, 2.45) is 5.16 Å². The molecular formula is C20H18Cl2N4O5. The first-order valence-electron chi connectivity index (χ1n) is 9.14. The molecule has 1 aliphatic rings. The van der Waals surface area contributed by atoms with E-state index in [0.29, 0.717) is 27.2 Å². The normalized spacial score (nSPS) is 25.0. The number of hydrogen-bond acceptors (Lipinski definition) is 7. The summed E-state index contributed by atoms with van der Waals surface area (Å²) < 4.78 is 7.41. The molecular weight excluding hydrogens is 447 g/mol. The molecule has 1 unspecified atom stereocenters. The van der Waals surface area contributed by atoms with E-state index in [9.17, 15) is 15.3 Å². The maximum atomic E-state index is 10.8. The fourth-order valence-electron chi connectivity index (χ4n) is 3.65. The lowest BCUT2D eigenvalue weighted by Crippen LogP contribution is -2.34. The number of terminal acetylenes is 1. The van der Waals surface area contributed by atoms with E-state index >= 15 is 0 Å². The van der Waals surface area contributed by atoms with Gasteiger partial charge in [0.25, 0.3) is 0 Å². The molecule has 1 aromatic carbocycles. The fraction of sp³-hybridized carbons (Fsp3) is 0.300. The van der Waals surface area contributed by atoms with Crippen molar-refractivity contribution in [1.82, 2.24) is 14.5 Å². The maximum absolute atomic E-state index is 10.8. The Morgan fingerprint density at radius 2 is 2.10 bits per heavy atom. The number of nitrogens with one attached hydrogen (secondary N) is 1. The van der Waals surface area contributed by atoms with E-state index in [1.54, 1.807) is 12.3 Å². The molecule has 3 heterocycles. The van der Waals surface area contributed by atoms with Crippen molar-refractivity contribution in [3.63, 3.8) is 0 Å². The van der Waals surface area contributed by atoms with Crippen molar-refractivity contribution in [3.8, 4) is 12.3 Å². The van der Waals surface area contributed by atoms with E-state index in [2.05, 4.69) is 21.0 Å². The quantitative estimate of drug-likeness (QED) is 0.342.